The lowest BCUT2D eigenvalue weighted by Gasteiger charge is -2.26. The maximum atomic E-state index is 11.9. The highest BCUT2D eigenvalue weighted by molar-refractivity contribution is 5.78. The summed E-state index contributed by atoms with van der Waals surface area (Å²) in [6.45, 7) is 2.98. The van der Waals surface area contributed by atoms with Crippen molar-refractivity contribution in [1.82, 2.24) is 4.90 Å². The molecule has 0 unspecified atom stereocenters. The molecule has 1 radical (unpaired) electrons. The lowest BCUT2D eigenvalue weighted by atomic mass is 10.2. The van der Waals surface area contributed by atoms with Crippen molar-refractivity contribution in [2.24, 2.45) is 0 Å². The zero-order valence-corrected chi connectivity index (χ0v) is 11.1. The monoisotopic (exact) mass is 274 g/mol. The highest BCUT2D eigenvalue weighted by Crippen LogP contribution is 2.21. The van der Waals surface area contributed by atoms with Gasteiger partial charge in [0.25, 0.3) is 0 Å². The van der Waals surface area contributed by atoms with Crippen LogP contribution in [0.1, 0.15) is 6.42 Å². The molecule has 0 bridgehead atoms. The first-order chi connectivity index (χ1) is 9.83. The van der Waals surface area contributed by atoms with Gasteiger partial charge in [0.2, 0.25) is 5.91 Å². The van der Waals surface area contributed by atoms with Crippen LogP contribution >= 0.6 is 0 Å². The fourth-order valence-corrected chi connectivity index (χ4v) is 2.21. The first-order valence-electron chi connectivity index (χ1n) is 6.71. The SMILES string of the molecule is O=C(CCOc1ccc2o[c]cc2c1)N1CCOCC1. The molecule has 1 saturated heterocycles. The van der Waals surface area contributed by atoms with Gasteiger partial charge in [-0.15, -0.1) is 0 Å². The largest absolute Gasteiger partial charge is 0.493 e. The van der Waals surface area contributed by atoms with Gasteiger partial charge in [-0.2, -0.15) is 0 Å². The van der Waals surface area contributed by atoms with Gasteiger partial charge in [-0.3, -0.25) is 4.79 Å². The summed E-state index contributed by atoms with van der Waals surface area (Å²) in [5.74, 6) is 0.855. The zero-order valence-electron chi connectivity index (χ0n) is 11.1. The summed E-state index contributed by atoms with van der Waals surface area (Å²) >= 11 is 0. The lowest BCUT2D eigenvalue weighted by Crippen LogP contribution is -2.41. The van der Waals surface area contributed by atoms with Gasteiger partial charge < -0.3 is 18.8 Å². The van der Waals surface area contributed by atoms with Crippen molar-refractivity contribution in [3.8, 4) is 5.75 Å². The van der Waals surface area contributed by atoms with Crippen LogP contribution in [0.5, 0.6) is 5.75 Å². The minimum Gasteiger partial charge on any atom is -0.493 e. The van der Waals surface area contributed by atoms with Gasteiger partial charge in [0.15, 0.2) is 6.26 Å². The van der Waals surface area contributed by atoms with Crippen molar-refractivity contribution in [3.05, 3.63) is 30.5 Å². The Hall–Kier alpha value is -2.01. The van der Waals surface area contributed by atoms with Gasteiger partial charge in [0, 0.05) is 18.5 Å². The Bertz CT molecular complexity index is 586. The number of ether oxygens (including phenoxy) is 2. The van der Waals surface area contributed by atoms with Crippen LogP contribution in [0.25, 0.3) is 11.0 Å². The van der Waals surface area contributed by atoms with E-state index in [0.29, 0.717) is 39.3 Å². The highest BCUT2D eigenvalue weighted by atomic mass is 16.5. The van der Waals surface area contributed by atoms with E-state index in [1.165, 1.54) is 0 Å². The predicted molar refractivity (Wildman–Crippen MR) is 72.6 cm³/mol. The summed E-state index contributed by atoms with van der Waals surface area (Å²) in [6, 6.07) is 7.32. The van der Waals surface area contributed by atoms with Crippen molar-refractivity contribution in [2.45, 2.75) is 6.42 Å². The third-order valence-corrected chi connectivity index (χ3v) is 3.31. The molecule has 0 aliphatic carbocycles. The quantitative estimate of drug-likeness (QED) is 0.854. The van der Waals surface area contributed by atoms with Gasteiger partial charge in [-0.25, -0.2) is 0 Å². The molecule has 1 amide bonds. The molecule has 1 aliphatic rings. The van der Waals surface area contributed by atoms with Crippen LogP contribution in [0, 0.1) is 6.26 Å². The zero-order chi connectivity index (χ0) is 13.8. The number of furan rings is 1. The Balaban J connectivity index is 1.50. The lowest BCUT2D eigenvalue weighted by molar-refractivity contribution is -0.135. The molecular weight excluding hydrogens is 258 g/mol. The fourth-order valence-electron chi connectivity index (χ4n) is 2.21. The molecule has 1 aromatic carbocycles. The summed E-state index contributed by atoms with van der Waals surface area (Å²) in [6.07, 6.45) is 3.06. The van der Waals surface area contributed by atoms with E-state index in [2.05, 4.69) is 6.26 Å². The van der Waals surface area contributed by atoms with E-state index >= 15 is 0 Å². The first kappa shape index (κ1) is 13.0. The number of morpholine rings is 1. The smallest absolute Gasteiger partial charge is 0.226 e. The number of nitrogens with zero attached hydrogens (tertiary/aromatic N) is 1. The van der Waals surface area contributed by atoms with E-state index in [1.54, 1.807) is 6.07 Å². The summed E-state index contributed by atoms with van der Waals surface area (Å²) < 4.78 is 16.0. The maximum absolute atomic E-state index is 11.9. The van der Waals surface area contributed by atoms with E-state index in [-0.39, 0.29) is 5.91 Å². The molecule has 0 N–H and O–H groups in total. The number of hydrogen-bond donors (Lipinski definition) is 0. The highest BCUT2D eigenvalue weighted by Gasteiger charge is 2.16. The van der Waals surface area contributed by atoms with Crippen LogP contribution in [0.2, 0.25) is 0 Å². The number of carbonyl (C=O) groups is 1. The standard InChI is InChI=1S/C15H16NO4/c17-15(16-5-9-18-10-6-16)4-8-19-13-1-2-14-12(11-13)3-7-20-14/h1-3,11H,4-6,8-10H2. The molecule has 1 aliphatic heterocycles. The van der Waals surface area contributed by atoms with E-state index in [9.17, 15) is 4.79 Å². The van der Waals surface area contributed by atoms with Gasteiger partial charge in [-0.05, 0) is 24.3 Å². The second-order valence-electron chi connectivity index (χ2n) is 4.66. The number of amides is 1. The molecule has 20 heavy (non-hydrogen) atoms. The third-order valence-electron chi connectivity index (χ3n) is 3.31. The van der Waals surface area contributed by atoms with Crippen molar-refractivity contribution in [3.63, 3.8) is 0 Å². The van der Waals surface area contributed by atoms with Crippen LogP contribution < -0.4 is 4.74 Å². The van der Waals surface area contributed by atoms with Crippen molar-refractivity contribution >= 4 is 16.9 Å². The maximum Gasteiger partial charge on any atom is 0.226 e. The van der Waals surface area contributed by atoms with Gasteiger partial charge in [0.05, 0.1) is 26.2 Å². The average molecular weight is 274 g/mol. The normalized spacial score (nSPS) is 15.5. The molecule has 105 valence electrons. The number of carbonyl (C=O) groups excluding carboxylic acids is 1. The minimum absolute atomic E-state index is 0.117. The third kappa shape index (κ3) is 2.93. The molecule has 5 nitrogen and oxygen atoms in total. The van der Waals surface area contributed by atoms with E-state index in [1.807, 2.05) is 23.1 Å². The summed E-state index contributed by atoms with van der Waals surface area (Å²) in [5.41, 5.74) is 0.779. The van der Waals surface area contributed by atoms with Crippen molar-refractivity contribution in [2.75, 3.05) is 32.9 Å². The molecule has 0 atom stereocenters. The second-order valence-corrected chi connectivity index (χ2v) is 4.66. The van der Waals surface area contributed by atoms with Crippen LogP contribution in [0.3, 0.4) is 0 Å². The number of rotatable bonds is 4. The Morgan fingerprint density at radius 3 is 3.05 bits per heavy atom. The number of benzene rings is 1. The molecule has 1 fully saturated rings. The van der Waals surface area contributed by atoms with E-state index in [4.69, 9.17) is 13.9 Å². The van der Waals surface area contributed by atoms with Crippen molar-refractivity contribution in [1.29, 1.82) is 0 Å². The Kier molecular flexibility index (Phi) is 3.87. The molecule has 0 spiro atoms. The summed E-state index contributed by atoms with van der Waals surface area (Å²) in [4.78, 5) is 13.8. The second kappa shape index (κ2) is 5.96. The molecule has 2 heterocycles. The molecule has 2 aromatic rings. The van der Waals surface area contributed by atoms with Crippen LogP contribution in [-0.2, 0) is 9.53 Å². The molecule has 1 aromatic heterocycles. The van der Waals surface area contributed by atoms with Gasteiger partial charge in [0.1, 0.15) is 11.3 Å². The molecule has 5 heteroatoms. The Labute approximate surface area is 117 Å². The number of fused-ring (bicyclic) bond motifs is 1. The van der Waals surface area contributed by atoms with E-state index in [0.717, 1.165) is 16.7 Å². The average Bonchev–Trinajstić information content (AvgIpc) is 2.95. The van der Waals surface area contributed by atoms with Crippen LogP contribution in [-0.4, -0.2) is 43.7 Å². The summed E-state index contributed by atoms with van der Waals surface area (Å²) in [5, 5.41) is 0.946. The first-order valence-corrected chi connectivity index (χ1v) is 6.71. The van der Waals surface area contributed by atoms with Gasteiger partial charge >= 0.3 is 0 Å². The summed E-state index contributed by atoms with van der Waals surface area (Å²) in [7, 11) is 0. The fraction of sp³-hybridized carbons (Fsp3) is 0.400. The van der Waals surface area contributed by atoms with Gasteiger partial charge in [-0.1, -0.05) is 0 Å². The topological polar surface area (TPSA) is 51.9 Å². The van der Waals surface area contributed by atoms with E-state index < -0.39 is 0 Å². The predicted octanol–water partition coefficient (Wildman–Crippen LogP) is 1.86. The molecular formula is C15H16NO4. The molecule has 0 saturated carbocycles. The van der Waals surface area contributed by atoms with Crippen LogP contribution in [0.15, 0.2) is 28.7 Å². The Morgan fingerprint density at radius 2 is 2.20 bits per heavy atom. The van der Waals surface area contributed by atoms with Crippen molar-refractivity contribution < 1.29 is 18.7 Å². The minimum atomic E-state index is 0.117. The molecule has 3 rings (SSSR count). The van der Waals surface area contributed by atoms with Crippen LogP contribution in [0.4, 0.5) is 0 Å². The number of hydrogen-bond acceptors (Lipinski definition) is 4. The Morgan fingerprint density at radius 1 is 1.35 bits per heavy atom.